The third-order valence-electron chi connectivity index (χ3n) is 3.74. The molecule has 1 aromatic carbocycles. The van der Waals surface area contributed by atoms with Crippen LogP contribution in [0, 0.1) is 6.92 Å². The van der Waals surface area contributed by atoms with E-state index in [1.807, 2.05) is 39.0 Å². The van der Waals surface area contributed by atoms with Gasteiger partial charge in [0.25, 0.3) is 0 Å². The second-order valence-electron chi connectivity index (χ2n) is 6.32. The Labute approximate surface area is 149 Å². The number of hydrogen-bond acceptors (Lipinski definition) is 7. The van der Waals surface area contributed by atoms with Gasteiger partial charge in [-0.25, -0.2) is 4.99 Å². The van der Waals surface area contributed by atoms with Crippen LogP contribution in [0.15, 0.2) is 40.8 Å². The zero-order chi connectivity index (χ0) is 18.4. The van der Waals surface area contributed by atoms with Crippen LogP contribution >= 0.6 is 0 Å². The van der Waals surface area contributed by atoms with Gasteiger partial charge in [0.1, 0.15) is 5.75 Å². The number of guanidine groups is 2. The van der Waals surface area contributed by atoms with Gasteiger partial charge in [-0.05, 0) is 38.3 Å². The molecule has 0 unspecified atom stereocenters. The molecule has 7 heteroatoms. The topological polar surface area (TPSA) is 98.5 Å². The number of ether oxygens (including phenoxy) is 1. The van der Waals surface area contributed by atoms with Crippen LogP contribution in [0.3, 0.4) is 0 Å². The Hall–Kier alpha value is -2.54. The van der Waals surface area contributed by atoms with Gasteiger partial charge in [0.2, 0.25) is 11.9 Å². The highest BCUT2D eigenvalue weighted by Crippen LogP contribution is 2.24. The maximum absolute atomic E-state index is 5.95. The molecule has 7 nitrogen and oxygen atoms in total. The Balaban J connectivity index is 1.85. The number of aliphatic imine (C=N–C) groups is 2. The van der Waals surface area contributed by atoms with Gasteiger partial charge in [-0.2, -0.15) is 10.1 Å². The summed E-state index contributed by atoms with van der Waals surface area (Å²) in [5.74, 6) is 1.27. The number of hydrogen-bond donors (Lipinski definition) is 2. The van der Waals surface area contributed by atoms with Crippen LogP contribution in [0.1, 0.15) is 31.4 Å². The van der Waals surface area contributed by atoms with Crippen molar-refractivity contribution in [2.45, 2.75) is 39.3 Å². The highest BCUT2D eigenvalue weighted by atomic mass is 16.7. The standard InChI is InChI=1S/C18H27N5O2/c1-5-8-14-10-6-9-13(2)15(14)24-11-7-12-25-23-17(20)21-16(19)22-18(23,3)4/h5-6,9-10H,1,7-8,11-12H2,2-4H3,(H4,19,20,21,22). The van der Waals surface area contributed by atoms with Crippen LogP contribution < -0.4 is 16.2 Å². The summed E-state index contributed by atoms with van der Waals surface area (Å²) in [6, 6.07) is 6.11. The summed E-state index contributed by atoms with van der Waals surface area (Å²) in [5, 5.41) is 1.47. The second kappa shape index (κ2) is 8.02. The van der Waals surface area contributed by atoms with Crippen molar-refractivity contribution in [1.29, 1.82) is 0 Å². The second-order valence-corrected chi connectivity index (χ2v) is 6.32. The number of para-hydroxylation sites is 1. The first-order chi connectivity index (χ1) is 11.8. The Morgan fingerprint density at radius 1 is 1.28 bits per heavy atom. The third kappa shape index (κ3) is 4.73. The Bertz CT molecular complexity index is 682. The van der Waals surface area contributed by atoms with E-state index in [1.165, 1.54) is 5.06 Å². The lowest BCUT2D eigenvalue weighted by Crippen LogP contribution is -2.53. The molecule has 0 saturated heterocycles. The predicted octanol–water partition coefficient (Wildman–Crippen LogP) is 2.11. The quantitative estimate of drug-likeness (QED) is 0.555. The smallest absolute Gasteiger partial charge is 0.226 e. The van der Waals surface area contributed by atoms with Crippen molar-refractivity contribution in [3.05, 3.63) is 42.0 Å². The SMILES string of the molecule is C=CCc1cccc(C)c1OCCCON1C(N)=NC(N)=NC1(C)C. The number of nitrogens with two attached hydrogens (primary N) is 2. The first-order valence-electron chi connectivity index (χ1n) is 8.30. The van der Waals surface area contributed by atoms with Gasteiger partial charge >= 0.3 is 0 Å². The number of hydroxylamine groups is 2. The van der Waals surface area contributed by atoms with E-state index in [1.54, 1.807) is 0 Å². The highest BCUT2D eigenvalue weighted by Gasteiger charge is 2.32. The van der Waals surface area contributed by atoms with Crippen LogP contribution in [0.5, 0.6) is 5.75 Å². The van der Waals surface area contributed by atoms with Gasteiger partial charge in [-0.1, -0.05) is 24.3 Å². The lowest BCUT2D eigenvalue weighted by molar-refractivity contribution is -0.158. The molecule has 1 aromatic rings. The van der Waals surface area contributed by atoms with Crippen molar-refractivity contribution >= 4 is 11.9 Å². The van der Waals surface area contributed by atoms with E-state index < -0.39 is 5.66 Å². The number of rotatable bonds is 8. The van der Waals surface area contributed by atoms with Gasteiger partial charge in [0.15, 0.2) is 5.66 Å². The lowest BCUT2D eigenvalue weighted by Gasteiger charge is -2.36. The summed E-state index contributed by atoms with van der Waals surface area (Å²) in [6.07, 6.45) is 3.35. The van der Waals surface area contributed by atoms with Gasteiger partial charge in [-0.3, -0.25) is 4.84 Å². The molecule has 0 saturated carbocycles. The molecule has 0 radical (unpaired) electrons. The summed E-state index contributed by atoms with van der Waals surface area (Å²) < 4.78 is 5.95. The summed E-state index contributed by atoms with van der Waals surface area (Å²) in [5.41, 5.74) is 13.1. The monoisotopic (exact) mass is 345 g/mol. The zero-order valence-corrected chi connectivity index (χ0v) is 15.2. The normalized spacial score (nSPS) is 16.2. The molecule has 0 fully saturated rings. The van der Waals surface area contributed by atoms with Crippen LogP contribution in [0.4, 0.5) is 0 Å². The molecular formula is C18H27N5O2. The molecule has 0 aliphatic carbocycles. The summed E-state index contributed by atoms with van der Waals surface area (Å²) >= 11 is 0. The lowest BCUT2D eigenvalue weighted by atomic mass is 10.1. The molecule has 0 amide bonds. The van der Waals surface area contributed by atoms with E-state index >= 15 is 0 Å². The predicted molar refractivity (Wildman–Crippen MR) is 100 cm³/mol. The van der Waals surface area contributed by atoms with Crippen molar-refractivity contribution in [1.82, 2.24) is 5.06 Å². The van der Waals surface area contributed by atoms with Crippen LogP contribution in [0.2, 0.25) is 0 Å². The van der Waals surface area contributed by atoms with Gasteiger partial charge in [0.05, 0.1) is 13.2 Å². The largest absolute Gasteiger partial charge is 0.493 e. The van der Waals surface area contributed by atoms with Crippen LogP contribution in [-0.2, 0) is 11.3 Å². The summed E-state index contributed by atoms with van der Waals surface area (Å²) in [6.45, 7) is 10.5. The molecule has 2 rings (SSSR count). The maximum Gasteiger partial charge on any atom is 0.226 e. The van der Waals surface area contributed by atoms with E-state index in [4.69, 9.17) is 21.0 Å². The van der Waals surface area contributed by atoms with Crippen LogP contribution in [0.25, 0.3) is 0 Å². The van der Waals surface area contributed by atoms with Crippen molar-refractivity contribution in [2.24, 2.45) is 21.5 Å². The fourth-order valence-corrected chi connectivity index (χ4v) is 2.64. The Morgan fingerprint density at radius 3 is 2.72 bits per heavy atom. The third-order valence-corrected chi connectivity index (χ3v) is 3.74. The van der Waals surface area contributed by atoms with Gasteiger partial charge in [0, 0.05) is 6.42 Å². The molecule has 136 valence electrons. The molecule has 0 spiro atoms. The molecule has 25 heavy (non-hydrogen) atoms. The van der Waals surface area contributed by atoms with Crippen molar-refractivity contribution in [2.75, 3.05) is 13.2 Å². The van der Waals surface area contributed by atoms with E-state index in [2.05, 4.69) is 22.6 Å². The summed E-state index contributed by atoms with van der Waals surface area (Å²) in [7, 11) is 0. The van der Waals surface area contributed by atoms with Crippen molar-refractivity contribution in [3.63, 3.8) is 0 Å². The minimum Gasteiger partial charge on any atom is -0.493 e. The van der Waals surface area contributed by atoms with Crippen molar-refractivity contribution in [3.8, 4) is 5.75 Å². The van der Waals surface area contributed by atoms with E-state index in [-0.39, 0.29) is 11.9 Å². The molecule has 0 atom stereocenters. The van der Waals surface area contributed by atoms with Crippen LogP contribution in [-0.4, -0.2) is 35.9 Å². The molecule has 0 aromatic heterocycles. The molecule has 1 heterocycles. The van der Waals surface area contributed by atoms with E-state index in [0.29, 0.717) is 19.6 Å². The van der Waals surface area contributed by atoms with Crippen molar-refractivity contribution < 1.29 is 9.57 Å². The molecule has 1 aliphatic heterocycles. The zero-order valence-electron chi connectivity index (χ0n) is 15.2. The minimum atomic E-state index is -0.691. The average Bonchev–Trinajstić information content (AvgIpc) is 2.51. The highest BCUT2D eigenvalue weighted by molar-refractivity contribution is 5.95. The van der Waals surface area contributed by atoms with E-state index in [0.717, 1.165) is 23.3 Å². The van der Waals surface area contributed by atoms with Gasteiger partial charge in [-0.15, -0.1) is 6.58 Å². The number of aryl methyl sites for hydroxylation is 1. The van der Waals surface area contributed by atoms with E-state index in [9.17, 15) is 0 Å². The Morgan fingerprint density at radius 2 is 2.04 bits per heavy atom. The molecule has 1 aliphatic rings. The first kappa shape index (κ1) is 18.8. The number of allylic oxidation sites excluding steroid dienone is 1. The first-order valence-corrected chi connectivity index (χ1v) is 8.30. The summed E-state index contributed by atoms with van der Waals surface area (Å²) in [4.78, 5) is 13.9. The number of nitrogens with zero attached hydrogens (tertiary/aromatic N) is 3. The Kier molecular flexibility index (Phi) is 6.03. The molecule has 0 bridgehead atoms. The maximum atomic E-state index is 5.95. The molecule has 4 N–H and O–H groups in total. The van der Waals surface area contributed by atoms with Gasteiger partial charge < -0.3 is 16.2 Å². The fraction of sp³-hybridized carbons (Fsp3) is 0.444. The molecular weight excluding hydrogens is 318 g/mol. The minimum absolute atomic E-state index is 0.153. The number of benzene rings is 1. The average molecular weight is 345 g/mol. The fourth-order valence-electron chi connectivity index (χ4n) is 2.64.